The topological polar surface area (TPSA) is 155 Å². The van der Waals surface area contributed by atoms with Gasteiger partial charge in [0.05, 0.1) is 19.8 Å². The summed E-state index contributed by atoms with van der Waals surface area (Å²) in [6, 6.07) is -1.47. The van der Waals surface area contributed by atoms with Crippen LogP contribution < -0.4 is 5.73 Å². The average Bonchev–Trinajstić information content (AvgIpc) is 3.26. The molecule has 3 unspecified atom stereocenters. The number of esters is 1. The molecule has 0 fully saturated rings. The van der Waals surface area contributed by atoms with Crippen LogP contribution in [0.25, 0.3) is 0 Å². The van der Waals surface area contributed by atoms with E-state index in [2.05, 4.69) is 13.8 Å². The second-order valence-electron chi connectivity index (χ2n) is 18.7. The SMILES string of the molecule is CCCCCCCCCCCCCCCCCCCCCCCCCC(=O)OC(COCCCCCCCCCCCCCCCCCCCC)COP(=O)(O)OCC(N)C(=O)O. The third kappa shape index (κ3) is 48.7. The number of phosphoric ester groups is 1. The van der Waals surface area contributed by atoms with E-state index in [1.165, 1.54) is 225 Å². The Balaban J connectivity index is 4.04. The van der Waals surface area contributed by atoms with Crippen molar-refractivity contribution in [2.24, 2.45) is 5.73 Å². The molecule has 11 heteroatoms. The van der Waals surface area contributed by atoms with Crippen LogP contribution in [0.2, 0.25) is 0 Å². The minimum atomic E-state index is -4.61. The lowest BCUT2D eigenvalue weighted by Crippen LogP contribution is -2.34. The Hall–Kier alpha value is -1.03. The van der Waals surface area contributed by atoms with E-state index in [-0.39, 0.29) is 13.0 Å². The maximum Gasteiger partial charge on any atom is 0.472 e. The highest BCUT2D eigenvalue weighted by molar-refractivity contribution is 7.47. The van der Waals surface area contributed by atoms with Crippen molar-refractivity contribution in [3.63, 3.8) is 0 Å². The van der Waals surface area contributed by atoms with Gasteiger partial charge in [0.15, 0.2) is 0 Å². The first kappa shape index (κ1) is 62.0. The van der Waals surface area contributed by atoms with Gasteiger partial charge in [-0.2, -0.15) is 0 Å². The minimum Gasteiger partial charge on any atom is -0.480 e. The Morgan fingerprint density at radius 3 is 1.05 bits per heavy atom. The first-order valence-corrected chi connectivity index (χ1v) is 28.6. The number of ether oxygens (including phenoxy) is 2. The van der Waals surface area contributed by atoms with Gasteiger partial charge in [-0.05, 0) is 12.8 Å². The van der Waals surface area contributed by atoms with Crippen molar-refractivity contribution in [3.8, 4) is 0 Å². The average molecular weight is 918 g/mol. The highest BCUT2D eigenvalue weighted by atomic mass is 31.2. The molecule has 3 atom stereocenters. The molecule has 0 amide bonds. The normalized spacial score (nSPS) is 13.6. The van der Waals surface area contributed by atoms with Crippen LogP contribution in [0.3, 0.4) is 0 Å². The van der Waals surface area contributed by atoms with E-state index in [1.807, 2.05) is 0 Å². The van der Waals surface area contributed by atoms with Crippen molar-refractivity contribution in [2.45, 2.75) is 296 Å². The van der Waals surface area contributed by atoms with Gasteiger partial charge in [0.2, 0.25) is 0 Å². The van der Waals surface area contributed by atoms with Crippen LogP contribution >= 0.6 is 7.82 Å². The fraction of sp³-hybridized carbons (Fsp3) is 0.962. The van der Waals surface area contributed by atoms with E-state index in [1.54, 1.807) is 0 Å². The van der Waals surface area contributed by atoms with E-state index in [0.717, 1.165) is 38.5 Å². The molecule has 0 aromatic rings. The van der Waals surface area contributed by atoms with Gasteiger partial charge in [-0.1, -0.05) is 264 Å². The number of hydrogen-bond donors (Lipinski definition) is 3. The molecule has 0 aliphatic heterocycles. The molecule has 0 bridgehead atoms. The molecule has 4 N–H and O–H groups in total. The van der Waals surface area contributed by atoms with Crippen LogP contribution in [0.5, 0.6) is 0 Å². The van der Waals surface area contributed by atoms with Crippen molar-refractivity contribution < 1.29 is 42.7 Å². The van der Waals surface area contributed by atoms with Crippen LogP contribution in [0.4, 0.5) is 0 Å². The Kier molecular flexibility index (Phi) is 48.1. The monoisotopic (exact) mass is 918 g/mol. The van der Waals surface area contributed by atoms with Gasteiger partial charge in [-0.25, -0.2) is 4.57 Å². The summed E-state index contributed by atoms with van der Waals surface area (Å²) in [5, 5.41) is 8.93. The lowest BCUT2D eigenvalue weighted by molar-refractivity contribution is -0.154. The van der Waals surface area contributed by atoms with Crippen molar-refractivity contribution in [1.82, 2.24) is 0 Å². The molecule has 0 saturated heterocycles. The van der Waals surface area contributed by atoms with Crippen LogP contribution in [0.15, 0.2) is 0 Å². The molecule has 0 aliphatic rings. The van der Waals surface area contributed by atoms with Crippen LogP contribution in [0, 0.1) is 0 Å². The molecule has 0 saturated carbocycles. The molecule has 0 heterocycles. The summed E-state index contributed by atoms with van der Waals surface area (Å²) in [6.07, 6.45) is 53.1. The van der Waals surface area contributed by atoms with Crippen molar-refractivity contribution in [2.75, 3.05) is 26.4 Å². The third-order valence-electron chi connectivity index (χ3n) is 12.4. The number of carbonyl (C=O) groups is 2. The molecule has 376 valence electrons. The summed E-state index contributed by atoms with van der Waals surface area (Å²) < 4.78 is 33.6. The fourth-order valence-corrected chi connectivity index (χ4v) is 8.97. The Morgan fingerprint density at radius 1 is 0.444 bits per heavy atom. The smallest absolute Gasteiger partial charge is 0.472 e. The molecule has 0 radical (unpaired) electrons. The Labute approximate surface area is 389 Å². The number of phosphoric acid groups is 1. The van der Waals surface area contributed by atoms with E-state index < -0.39 is 45.1 Å². The quantitative estimate of drug-likeness (QED) is 0.0305. The molecule has 0 aromatic heterocycles. The van der Waals surface area contributed by atoms with Crippen LogP contribution in [-0.2, 0) is 32.7 Å². The van der Waals surface area contributed by atoms with Crippen molar-refractivity contribution in [1.29, 1.82) is 0 Å². The number of hydrogen-bond acceptors (Lipinski definition) is 8. The Morgan fingerprint density at radius 2 is 0.730 bits per heavy atom. The molecule has 10 nitrogen and oxygen atoms in total. The predicted molar refractivity (Wildman–Crippen MR) is 263 cm³/mol. The molecule has 63 heavy (non-hydrogen) atoms. The largest absolute Gasteiger partial charge is 0.480 e. The van der Waals surface area contributed by atoms with Gasteiger partial charge in [0, 0.05) is 13.0 Å². The van der Waals surface area contributed by atoms with Crippen LogP contribution in [0.1, 0.15) is 284 Å². The number of carbonyl (C=O) groups excluding carboxylic acids is 1. The van der Waals surface area contributed by atoms with Gasteiger partial charge in [-0.15, -0.1) is 0 Å². The van der Waals surface area contributed by atoms with Crippen molar-refractivity contribution in [3.05, 3.63) is 0 Å². The summed E-state index contributed by atoms with van der Waals surface area (Å²) in [6.45, 7) is 3.97. The van der Waals surface area contributed by atoms with Gasteiger partial charge >= 0.3 is 19.8 Å². The fourth-order valence-electron chi connectivity index (χ4n) is 8.20. The lowest BCUT2D eigenvalue weighted by atomic mass is 10.0. The second kappa shape index (κ2) is 48.9. The second-order valence-corrected chi connectivity index (χ2v) is 20.2. The molecule has 0 spiro atoms. The minimum absolute atomic E-state index is 0.0265. The maximum absolute atomic E-state index is 12.7. The summed E-state index contributed by atoms with van der Waals surface area (Å²) in [4.78, 5) is 33.7. The molecule has 0 aliphatic carbocycles. The first-order valence-electron chi connectivity index (χ1n) is 27.1. The number of carboxylic acids is 1. The number of rotatable bonds is 53. The highest BCUT2D eigenvalue weighted by Crippen LogP contribution is 2.43. The zero-order valence-corrected chi connectivity index (χ0v) is 42.4. The Bertz CT molecular complexity index is 1020. The number of carboxylic acid groups (broad SMARTS) is 1. The third-order valence-corrected chi connectivity index (χ3v) is 13.3. The first-order chi connectivity index (χ1) is 30.7. The van der Waals surface area contributed by atoms with Gasteiger partial charge in [-0.3, -0.25) is 18.6 Å². The number of unbranched alkanes of at least 4 members (excludes halogenated alkanes) is 39. The maximum atomic E-state index is 12.7. The summed E-state index contributed by atoms with van der Waals surface area (Å²) in [5.74, 6) is -1.76. The van der Waals surface area contributed by atoms with E-state index in [0.29, 0.717) is 6.61 Å². The van der Waals surface area contributed by atoms with E-state index >= 15 is 0 Å². The zero-order chi connectivity index (χ0) is 46.2. The molecule has 0 aromatic carbocycles. The number of nitrogens with two attached hydrogens (primary N) is 1. The molecular weight excluding hydrogens is 814 g/mol. The summed E-state index contributed by atoms with van der Waals surface area (Å²) >= 11 is 0. The van der Waals surface area contributed by atoms with Gasteiger partial charge < -0.3 is 25.2 Å². The lowest BCUT2D eigenvalue weighted by Gasteiger charge is -2.20. The summed E-state index contributed by atoms with van der Waals surface area (Å²) in [7, 11) is -4.61. The standard InChI is InChI=1S/C52H104NO9P/c1-3-5-7-9-11-13-15-17-19-21-23-24-25-26-27-28-30-32-34-36-38-40-42-44-51(54)62-49(47-60-63(57,58)61-48-50(53)52(55)56)46-59-45-43-41-39-37-35-33-31-29-22-20-18-16-14-12-10-8-6-4-2/h49-50H,3-48,53H2,1-2H3,(H,55,56)(H,57,58). The predicted octanol–water partition coefficient (Wildman–Crippen LogP) is 15.9. The zero-order valence-electron chi connectivity index (χ0n) is 41.5. The van der Waals surface area contributed by atoms with Crippen molar-refractivity contribution >= 4 is 19.8 Å². The molecule has 0 rings (SSSR count). The van der Waals surface area contributed by atoms with Crippen LogP contribution in [-0.4, -0.2) is 60.5 Å². The summed E-state index contributed by atoms with van der Waals surface area (Å²) in [5.41, 5.74) is 5.38. The van der Waals surface area contributed by atoms with Gasteiger partial charge in [0.1, 0.15) is 12.1 Å². The van der Waals surface area contributed by atoms with E-state index in [9.17, 15) is 19.0 Å². The number of aliphatic carboxylic acids is 1. The highest BCUT2D eigenvalue weighted by Gasteiger charge is 2.27. The van der Waals surface area contributed by atoms with E-state index in [4.69, 9.17) is 29.4 Å². The van der Waals surface area contributed by atoms with Gasteiger partial charge in [0.25, 0.3) is 0 Å². The molecular formula is C52H104NO9P.